The van der Waals surface area contributed by atoms with Crippen molar-refractivity contribution >= 4 is 20.3 Å². The Kier molecular flexibility index (Phi) is 7.81. The molecule has 1 aromatic heterocycles. The molecule has 7 heteroatoms. The maximum absolute atomic E-state index is 14.1. The molecule has 5 rings (SSSR count). The molecule has 6 nitrogen and oxygen atoms in total. The average molecular weight is 558 g/mol. The number of methoxy groups -OCH3 is 1. The molecule has 2 fully saturated rings. The van der Waals surface area contributed by atoms with Gasteiger partial charge in [-0.05, 0) is 80.1 Å². The van der Waals surface area contributed by atoms with E-state index in [1.165, 1.54) is 5.56 Å². The molecule has 0 spiro atoms. The number of rotatable bonds is 6. The first kappa shape index (κ1) is 28.4. The molecule has 212 valence electrons. The van der Waals surface area contributed by atoms with Gasteiger partial charge < -0.3 is 18.6 Å². The molecule has 0 bridgehead atoms. The molecular formula is C33H43N3O3Si. The van der Waals surface area contributed by atoms with E-state index in [1.54, 1.807) is 13.4 Å². The second-order valence-corrected chi connectivity index (χ2v) is 17.6. The van der Waals surface area contributed by atoms with Crippen molar-refractivity contribution < 1.29 is 14.0 Å². The minimum absolute atomic E-state index is 0.00677. The molecule has 3 atom stereocenters. The van der Waals surface area contributed by atoms with E-state index in [1.807, 2.05) is 48.0 Å². The van der Waals surface area contributed by atoms with Gasteiger partial charge in [-0.1, -0.05) is 57.2 Å². The standard InChI is InChI=1S/C33H43N3O3Si/c1-23-21-35(22-34-23)29-16-13-24(18-31(29)38-5)17-26-14-15-27-19-28(39-40(6,7)33(2,3)4)20-30(36(27)32(26)37)25-11-9-8-10-12-25/h8-13,16-18,21-22,27-28,30H,14-15,19-20H2,1-7H3/t27-,28+,30+/m1/s1. The highest BCUT2D eigenvalue weighted by Crippen LogP contribution is 2.45. The fourth-order valence-corrected chi connectivity index (χ4v) is 7.22. The first-order valence-electron chi connectivity index (χ1n) is 14.4. The average Bonchev–Trinajstić information content (AvgIpc) is 3.35. The first-order chi connectivity index (χ1) is 19.0. The summed E-state index contributed by atoms with van der Waals surface area (Å²) in [6.45, 7) is 13.5. The summed E-state index contributed by atoms with van der Waals surface area (Å²) in [5.41, 5.74) is 4.88. The zero-order chi connectivity index (χ0) is 28.7. The van der Waals surface area contributed by atoms with E-state index in [9.17, 15) is 4.79 Å². The number of hydrogen-bond donors (Lipinski definition) is 0. The van der Waals surface area contributed by atoms with Gasteiger partial charge in [0.15, 0.2) is 8.32 Å². The minimum atomic E-state index is -1.93. The third-order valence-electron chi connectivity index (χ3n) is 8.99. The number of amides is 1. The molecule has 0 unspecified atom stereocenters. The summed E-state index contributed by atoms with van der Waals surface area (Å²) < 4.78 is 14.6. The van der Waals surface area contributed by atoms with Crippen LogP contribution >= 0.6 is 0 Å². The smallest absolute Gasteiger partial charge is 0.250 e. The molecule has 2 saturated heterocycles. The zero-order valence-corrected chi connectivity index (χ0v) is 26.0. The summed E-state index contributed by atoms with van der Waals surface area (Å²) in [7, 11) is -0.253. The van der Waals surface area contributed by atoms with Crippen LogP contribution in [0.5, 0.6) is 5.75 Å². The second-order valence-electron chi connectivity index (χ2n) is 12.8. The molecule has 3 aromatic rings. The number of ether oxygens (including phenoxy) is 1. The van der Waals surface area contributed by atoms with E-state index in [2.05, 4.69) is 68.0 Å². The zero-order valence-electron chi connectivity index (χ0n) is 25.0. The second kappa shape index (κ2) is 11.0. The lowest BCUT2D eigenvalue weighted by Crippen LogP contribution is -2.55. The highest BCUT2D eigenvalue weighted by Gasteiger charge is 2.46. The quantitative estimate of drug-likeness (QED) is 0.233. The fourth-order valence-electron chi connectivity index (χ4n) is 5.84. The van der Waals surface area contributed by atoms with Crippen molar-refractivity contribution in [3.05, 3.63) is 83.4 Å². The summed E-state index contributed by atoms with van der Waals surface area (Å²) in [5.74, 6) is 0.891. The number of benzene rings is 2. The first-order valence-corrected chi connectivity index (χ1v) is 17.3. The predicted molar refractivity (Wildman–Crippen MR) is 163 cm³/mol. The van der Waals surface area contributed by atoms with Crippen molar-refractivity contribution in [2.24, 2.45) is 0 Å². The lowest BCUT2D eigenvalue weighted by atomic mass is 9.82. The molecule has 40 heavy (non-hydrogen) atoms. The normalized spacial score (nSPS) is 22.9. The van der Waals surface area contributed by atoms with Gasteiger partial charge in [-0.15, -0.1) is 0 Å². The highest BCUT2D eigenvalue weighted by molar-refractivity contribution is 6.74. The molecule has 3 heterocycles. The Morgan fingerprint density at radius 2 is 1.82 bits per heavy atom. The summed E-state index contributed by atoms with van der Waals surface area (Å²) in [6.07, 6.45) is 9.42. The molecule has 0 radical (unpaired) electrons. The highest BCUT2D eigenvalue weighted by atomic mass is 28.4. The Hall–Kier alpha value is -3.16. The van der Waals surface area contributed by atoms with Crippen LogP contribution < -0.4 is 4.74 Å². The van der Waals surface area contributed by atoms with Gasteiger partial charge in [-0.25, -0.2) is 4.98 Å². The van der Waals surface area contributed by atoms with Crippen molar-refractivity contribution in [1.82, 2.24) is 14.5 Å². The number of piperidine rings is 2. The van der Waals surface area contributed by atoms with Crippen LogP contribution in [0.2, 0.25) is 18.1 Å². The van der Waals surface area contributed by atoms with Crippen LogP contribution in [0, 0.1) is 6.92 Å². The summed E-state index contributed by atoms with van der Waals surface area (Å²) in [6, 6.07) is 16.8. The number of imidazole rings is 1. The molecule has 1 amide bonds. The maximum Gasteiger partial charge on any atom is 0.250 e. The Labute approximate surface area is 240 Å². The van der Waals surface area contributed by atoms with Crippen LogP contribution in [0.1, 0.15) is 69.3 Å². The van der Waals surface area contributed by atoms with Crippen LogP contribution in [0.15, 0.2) is 66.6 Å². The largest absolute Gasteiger partial charge is 0.495 e. The van der Waals surface area contributed by atoms with Gasteiger partial charge in [0.1, 0.15) is 5.75 Å². The Bertz CT molecular complexity index is 1390. The Morgan fingerprint density at radius 3 is 2.48 bits per heavy atom. The van der Waals surface area contributed by atoms with Crippen molar-refractivity contribution in [1.29, 1.82) is 0 Å². The van der Waals surface area contributed by atoms with Crippen molar-refractivity contribution in [2.45, 2.75) is 89.7 Å². The lowest BCUT2D eigenvalue weighted by Gasteiger charge is -2.50. The van der Waals surface area contributed by atoms with Gasteiger partial charge in [0.25, 0.3) is 5.91 Å². The van der Waals surface area contributed by atoms with Crippen LogP contribution in [-0.2, 0) is 9.22 Å². The molecular weight excluding hydrogens is 514 g/mol. The van der Waals surface area contributed by atoms with Gasteiger partial charge in [-0.2, -0.15) is 0 Å². The molecule has 0 saturated carbocycles. The van der Waals surface area contributed by atoms with Crippen LogP contribution in [0.25, 0.3) is 11.8 Å². The maximum atomic E-state index is 14.1. The molecule has 0 N–H and O–H groups in total. The van der Waals surface area contributed by atoms with Crippen LogP contribution in [0.4, 0.5) is 0 Å². The molecule has 2 aromatic carbocycles. The van der Waals surface area contributed by atoms with Gasteiger partial charge in [-0.3, -0.25) is 4.79 Å². The minimum Gasteiger partial charge on any atom is -0.495 e. The van der Waals surface area contributed by atoms with E-state index in [-0.39, 0.29) is 29.1 Å². The van der Waals surface area contributed by atoms with Gasteiger partial charge in [0.05, 0.1) is 30.9 Å². The summed E-state index contributed by atoms with van der Waals surface area (Å²) >= 11 is 0. The van der Waals surface area contributed by atoms with E-state index in [4.69, 9.17) is 9.16 Å². The topological polar surface area (TPSA) is 56.6 Å². The van der Waals surface area contributed by atoms with Crippen molar-refractivity contribution in [2.75, 3.05) is 7.11 Å². The van der Waals surface area contributed by atoms with Crippen LogP contribution in [-0.4, -0.2) is 47.9 Å². The Morgan fingerprint density at radius 1 is 1.07 bits per heavy atom. The third-order valence-corrected chi connectivity index (χ3v) is 13.5. The van der Waals surface area contributed by atoms with E-state index >= 15 is 0 Å². The monoisotopic (exact) mass is 557 g/mol. The fraction of sp³-hybridized carbons (Fsp3) is 0.455. The van der Waals surface area contributed by atoms with Crippen LogP contribution in [0.3, 0.4) is 0 Å². The number of aromatic nitrogens is 2. The SMILES string of the molecule is COc1cc(C=C2CC[C@@H]3C[C@H](O[Si](C)(C)C(C)(C)C)C[C@@H](c4ccccc4)N3C2=O)ccc1-n1cnc(C)c1. The summed E-state index contributed by atoms with van der Waals surface area (Å²) in [5, 5.41) is 0.151. The number of carbonyl (C=O) groups is 1. The van der Waals surface area contributed by atoms with E-state index in [0.29, 0.717) is 0 Å². The van der Waals surface area contributed by atoms with E-state index < -0.39 is 8.32 Å². The Balaban J connectivity index is 1.43. The molecule has 2 aliphatic rings. The summed E-state index contributed by atoms with van der Waals surface area (Å²) in [4.78, 5) is 20.6. The lowest BCUT2D eigenvalue weighted by molar-refractivity contribution is -0.139. The number of carbonyl (C=O) groups excluding carboxylic acids is 1. The number of hydrogen-bond acceptors (Lipinski definition) is 4. The predicted octanol–water partition coefficient (Wildman–Crippen LogP) is 7.49. The number of nitrogens with zero attached hydrogens (tertiary/aromatic N) is 3. The molecule has 2 aliphatic heterocycles. The van der Waals surface area contributed by atoms with Gasteiger partial charge in [0, 0.05) is 23.9 Å². The number of fused-ring (bicyclic) bond motifs is 1. The number of aryl methyl sites for hydroxylation is 1. The molecule has 0 aliphatic carbocycles. The van der Waals surface area contributed by atoms with Gasteiger partial charge in [0.2, 0.25) is 0 Å². The van der Waals surface area contributed by atoms with Gasteiger partial charge >= 0.3 is 0 Å². The van der Waals surface area contributed by atoms with E-state index in [0.717, 1.165) is 54.0 Å². The van der Waals surface area contributed by atoms with Crippen molar-refractivity contribution in [3.8, 4) is 11.4 Å². The third kappa shape index (κ3) is 5.67. The van der Waals surface area contributed by atoms with Crippen molar-refractivity contribution in [3.63, 3.8) is 0 Å².